The molecule has 1 amide bonds. The number of nitrogens with one attached hydrogen (secondary N) is 1. The minimum Gasteiger partial charge on any atom is -0.440 e. The SMILES string of the molecule is N#CC1(NC(=O)[C@@H]2CCCC[C@H]2c2oc(-c3cncnc3)nc2-c2ccccc2N2CCS(=O)(=O)CC2)CC1. The minimum atomic E-state index is -3.04. The maximum atomic E-state index is 13.5. The zero-order chi connectivity index (χ0) is 27.0. The lowest BCUT2D eigenvalue weighted by molar-refractivity contribution is -0.127. The molecule has 2 aromatic heterocycles. The normalized spacial score (nSPS) is 23.5. The summed E-state index contributed by atoms with van der Waals surface area (Å²) >= 11 is 0. The van der Waals surface area contributed by atoms with Gasteiger partial charge in [0, 0.05) is 48.6 Å². The molecule has 6 rings (SSSR count). The predicted octanol–water partition coefficient (Wildman–Crippen LogP) is 3.48. The number of para-hydroxylation sites is 1. The Bertz CT molecular complexity index is 1510. The van der Waals surface area contributed by atoms with Gasteiger partial charge in [-0.3, -0.25) is 4.79 Å². The summed E-state index contributed by atoms with van der Waals surface area (Å²) < 4.78 is 30.7. The van der Waals surface area contributed by atoms with E-state index < -0.39 is 15.4 Å². The van der Waals surface area contributed by atoms with Crippen molar-refractivity contribution in [1.82, 2.24) is 20.3 Å². The van der Waals surface area contributed by atoms with Crippen molar-refractivity contribution in [2.24, 2.45) is 5.92 Å². The third-order valence-electron chi connectivity index (χ3n) is 8.07. The van der Waals surface area contributed by atoms with Gasteiger partial charge in [-0.25, -0.2) is 23.4 Å². The molecule has 39 heavy (non-hydrogen) atoms. The Morgan fingerprint density at radius 1 is 1.10 bits per heavy atom. The van der Waals surface area contributed by atoms with Crippen LogP contribution in [-0.2, 0) is 14.6 Å². The number of oxazole rings is 1. The Labute approximate surface area is 227 Å². The highest BCUT2D eigenvalue weighted by molar-refractivity contribution is 7.91. The van der Waals surface area contributed by atoms with Crippen molar-refractivity contribution in [3.8, 4) is 28.8 Å². The highest BCUT2D eigenvalue weighted by Crippen LogP contribution is 2.46. The number of nitrogens with zero attached hydrogens (tertiary/aromatic N) is 5. The van der Waals surface area contributed by atoms with Gasteiger partial charge >= 0.3 is 0 Å². The molecule has 10 nitrogen and oxygen atoms in total. The van der Waals surface area contributed by atoms with E-state index in [-0.39, 0.29) is 29.2 Å². The van der Waals surface area contributed by atoms with Gasteiger partial charge in [-0.2, -0.15) is 5.26 Å². The zero-order valence-corrected chi connectivity index (χ0v) is 22.4. The van der Waals surface area contributed by atoms with E-state index >= 15 is 0 Å². The summed E-state index contributed by atoms with van der Waals surface area (Å²) in [5.74, 6) is 0.535. The van der Waals surface area contributed by atoms with E-state index in [0.29, 0.717) is 55.3 Å². The molecular formula is C28H30N6O4S. The quantitative estimate of drug-likeness (QED) is 0.492. The highest BCUT2D eigenvalue weighted by atomic mass is 32.2. The smallest absolute Gasteiger partial charge is 0.230 e. The molecule has 2 atom stereocenters. The van der Waals surface area contributed by atoms with Crippen molar-refractivity contribution >= 4 is 21.4 Å². The van der Waals surface area contributed by atoms with Gasteiger partial charge in [0.05, 0.1) is 23.1 Å². The first kappa shape index (κ1) is 25.5. The third-order valence-corrected chi connectivity index (χ3v) is 9.68. The molecule has 3 fully saturated rings. The van der Waals surface area contributed by atoms with Gasteiger partial charge in [-0.1, -0.05) is 31.0 Å². The molecular weight excluding hydrogens is 516 g/mol. The van der Waals surface area contributed by atoms with Gasteiger partial charge in [0.25, 0.3) is 0 Å². The average Bonchev–Trinajstić information content (AvgIpc) is 3.60. The van der Waals surface area contributed by atoms with Crippen molar-refractivity contribution in [2.45, 2.75) is 50.0 Å². The van der Waals surface area contributed by atoms with Crippen molar-refractivity contribution in [3.05, 3.63) is 48.7 Å². The van der Waals surface area contributed by atoms with Crippen LogP contribution in [0.15, 0.2) is 47.4 Å². The topological polar surface area (TPSA) is 142 Å². The molecule has 3 aliphatic rings. The molecule has 3 aromatic rings. The number of aromatic nitrogens is 3. The number of carbonyl (C=O) groups is 1. The van der Waals surface area contributed by atoms with E-state index in [1.165, 1.54) is 6.33 Å². The molecule has 1 saturated heterocycles. The number of sulfone groups is 1. The summed E-state index contributed by atoms with van der Waals surface area (Å²) in [6, 6.07) is 10.1. The van der Waals surface area contributed by atoms with Crippen LogP contribution in [0.2, 0.25) is 0 Å². The average molecular weight is 547 g/mol. The van der Waals surface area contributed by atoms with Crippen LogP contribution in [0.5, 0.6) is 0 Å². The van der Waals surface area contributed by atoms with Gasteiger partial charge in [0.1, 0.15) is 23.3 Å². The minimum absolute atomic E-state index is 0.102. The summed E-state index contributed by atoms with van der Waals surface area (Å²) in [4.78, 5) is 28.7. The monoisotopic (exact) mass is 546 g/mol. The zero-order valence-electron chi connectivity index (χ0n) is 21.5. The number of benzene rings is 1. The molecule has 2 aliphatic carbocycles. The number of anilines is 1. The van der Waals surface area contributed by atoms with E-state index in [9.17, 15) is 18.5 Å². The summed E-state index contributed by atoms with van der Waals surface area (Å²) in [5, 5.41) is 12.6. The summed E-state index contributed by atoms with van der Waals surface area (Å²) in [6.07, 6.45) is 9.42. The molecule has 11 heteroatoms. The van der Waals surface area contributed by atoms with Gasteiger partial charge < -0.3 is 14.6 Å². The first-order chi connectivity index (χ1) is 18.9. The van der Waals surface area contributed by atoms with Crippen LogP contribution >= 0.6 is 0 Å². The van der Waals surface area contributed by atoms with Crippen LogP contribution in [0, 0.1) is 17.2 Å². The molecule has 1 aromatic carbocycles. The van der Waals surface area contributed by atoms with E-state index in [0.717, 1.165) is 30.5 Å². The van der Waals surface area contributed by atoms with Gasteiger partial charge in [0.2, 0.25) is 11.8 Å². The largest absolute Gasteiger partial charge is 0.440 e. The predicted molar refractivity (Wildman–Crippen MR) is 144 cm³/mol. The van der Waals surface area contributed by atoms with Crippen LogP contribution in [0.1, 0.15) is 50.2 Å². The Kier molecular flexibility index (Phi) is 6.59. The maximum Gasteiger partial charge on any atom is 0.230 e. The number of carbonyl (C=O) groups excluding carboxylic acids is 1. The lowest BCUT2D eigenvalue weighted by atomic mass is 9.76. The number of nitriles is 1. The fraction of sp³-hybridized carbons (Fsp3) is 0.464. The lowest BCUT2D eigenvalue weighted by Gasteiger charge is -2.32. The standard InChI is InChI=1S/C28H30N6O4S/c29-17-28(9-10-28)33-26(35)21-6-2-1-5-20(21)25-24(32-27(38-25)19-15-30-18-31-16-19)22-7-3-4-8-23(22)34-11-13-39(36,37)14-12-34/h3-4,7-8,15-16,18,20-21H,1-2,5-6,9-14H2,(H,33,35)/t20-,21-/m1/s1. The van der Waals surface area contributed by atoms with Crippen molar-refractivity contribution in [2.75, 3.05) is 29.5 Å². The van der Waals surface area contributed by atoms with E-state index in [1.54, 1.807) is 12.4 Å². The highest BCUT2D eigenvalue weighted by Gasteiger charge is 2.47. The second-order valence-corrected chi connectivity index (χ2v) is 13.0. The molecule has 1 aliphatic heterocycles. The van der Waals surface area contributed by atoms with E-state index in [2.05, 4.69) is 26.3 Å². The van der Waals surface area contributed by atoms with Crippen LogP contribution < -0.4 is 10.2 Å². The summed E-state index contributed by atoms with van der Waals surface area (Å²) in [6.45, 7) is 0.799. The fourth-order valence-corrected chi connectivity index (χ4v) is 6.89. The van der Waals surface area contributed by atoms with Crippen molar-refractivity contribution in [3.63, 3.8) is 0 Å². The van der Waals surface area contributed by atoms with Gasteiger partial charge in [-0.15, -0.1) is 0 Å². The molecule has 3 heterocycles. The second kappa shape index (κ2) is 10.1. The Morgan fingerprint density at radius 3 is 2.54 bits per heavy atom. The lowest BCUT2D eigenvalue weighted by Crippen LogP contribution is -2.42. The van der Waals surface area contributed by atoms with Crippen LogP contribution in [0.3, 0.4) is 0 Å². The Morgan fingerprint density at radius 2 is 1.82 bits per heavy atom. The van der Waals surface area contributed by atoms with E-state index in [4.69, 9.17) is 9.40 Å². The van der Waals surface area contributed by atoms with Gasteiger partial charge in [-0.05, 0) is 31.7 Å². The molecule has 202 valence electrons. The van der Waals surface area contributed by atoms with Crippen LogP contribution in [0.4, 0.5) is 5.69 Å². The maximum absolute atomic E-state index is 13.5. The molecule has 0 bridgehead atoms. The first-order valence-electron chi connectivity index (χ1n) is 13.4. The number of hydrogen-bond acceptors (Lipinski definition) is 9. The van der Waals surface area contributed by atoms with Crippen LogP contribution in [0.25, 0.3) is 22.7 Å². The number of rotatable bonds is 6. The fourth-order valence-electron chi connectivity index (χ4n) is 5.69. The Balaban J connectivity index is 1.43. The van der Waals surface area contributed by atoms with Gasteiger partial charge in [0.15, 0.2) is 9.84 Å². The third kappa shape index (κ3) is 5.13. The van der Waals surface area contributed by atoms with Crippen LogP contribution in [-0.4, -0.2) is 59.4 Å². The van der Waals surface area contributed by atoms with Crippen molar-refractivity contribution in [1.29, 1.82) is 5.26 Å². The number of amides is 1. The number of hydrogen-bond donors (Lipinski definition) is 1. The second-order valence-electron chi connectivity index (χ2n) is 10.7. The molecule has 0 radical (unpaired) electrons. The summed E-state index contributed by atoms with van der Waals surface area (Å²) in [7, 11) is -3.04. The molecule has 0 unspecified atom stereocenters. The van der Waals surface area contributed by atoms with Crippen molar-refractivity contribution < 1.29 is 17.6 Å². The Hall–Kier alpha value is -3.78. The molecule has 0 spiro atoms. The molecule has 1 N–H and O–H groups in total. The summed E-state index contributed by atoms with van der Waals surface area (Å²) in [5.41, 5.74) is 2.25. The first-order valence-corrected chi connectivity index (χ1v) is 15.2. The molecule has 2 saturated carbocycles. The van der Waals surface area contributed by atoms with E-state index in [1.807, 2.05) is 24.3 Å².